The van der Waals surface area contributed by atoms with E-state index < -0.39 is 0 Å². The minimum absolute atomic E-state index is 0.0110. The smallest absolute Gasteiger partial charge is 0.408 e. The van der Waals surface area contributed by atoms with E-state index in [9.17, 15) is 4.79 Å². The molecule has 0 saturated carbocycles. The number of carbonyl (C=O) groups is 1. The molecule has 14 heavy (non-hydrogen) atoms. The minimum atomic E-state index is -0.330. The Bertz CT molecular complexity index is 345. The number of alkyl carbamates (subject to hydrolysis) is 1. The Balaban J connectivity index is 2.23. The molecule has 0 radical (unpaired) electrons. The lowest BCUT2D eigenvalue weighted by Crippen LogP contribution is -2.20. The van der Waals surface area contributed by atoms with Gasteiger partial charge in [-0.3, -0.25) is 0 Å². The molecule has 0 spiro atoms. The SMILES string of the molecule is Cc1ccc([C@H]2NC(=O)O[C@H]2C)cc1. The van der Waals surface area contributed by atoms with Crippen molar-refractivity contribution in [2.24, 2.45) is 0 Å². The van der Waals surface area contributed by atoms with Crippen molar-refractivity contribution in [1.82, 2.24) is 5.32 Å². The van der Waals surface area contributed by atoms with Crippen LogP contribution >= 0.6 is 0 Å². The van der Waals surface area contributed by atoms with E-state index in [-0.39, 0.29) is 18.2 Å². The molecule has 0 unspecified atom stereocenters. The molecule has 3 heteroatoms. The summed E-state index contributed by atoms with van der Waals surface area (Å²) < 4.78 is 5.01. The number of hydrogen-bond donors (Lipinski definition) is 1. The van der Waals surface area contributed by atoms with Gasteiger partial charge < -0.3 is 10.1 Å². The van der Waals surface area contributed by atoms with Gasteiger partial charge in [0.1, 0.15) is 6.10 Å². The molecular weight excluding hydrogens is 178 g/mol. The lowest BCUT2D eigenvalue weighted by molar-refractivity contribution is 0.141. The fourth-order valence-corrected chi connectivity index (χ4v) is 1.64. The highest BCUT2D eigenvalue weighted by Gasteiger charge is 2.31. The van der Waals surface area contributed by atoms with Crippen LogP contribution in [0.15, 0.2) is 24.3 Å². The number of rotatable bonds is 1. The van der Waals surface area contributed by atoms with Gasteiger partial charge in [-0.25, -0.2) is 4.79 Å². The van der Waals surface area contributed by atoms with E-state index in [1.807, 2.05) is 38.1 Å². The van der Waals surface area contributed by atoms with E-state index in [1.165, 1.54) is 5.56 Å². The standard InChI is InChI=1S/C11H13NO2/c1-7-3-5-9(6-4-7)10-8(2)14-11(13)12-10/h3-6,8,10H,1-2H3,(H,12,13)/t8-,10-/m0/s1. The average molecular weight is 191 g/mol. The molecule has 1 amide bonds. The fraction of sp³-hybridized carbons (Fsp3) is 0.364. The Morgan fingerprint density at radius 1 is 1.29 bits per heavy atom. The summed E-state index contributed by atoms with van der Waals surface area (Å²) in [6.45, 7) is 3.93. The summed E-state index contributed by atoms with van der Waals surface area (Å²) in [5.41, 5.74) is 2.31. The highest BCUT2D eigenvalue weighted by molar-refractivity contribution is 5.70. The first-order valence-corrected chi connectivity index (χ1v) is 4.70. The molecule has 1 fully saturated rings. The van der Waals surface area contributed by atoms with Crippen LogP contribution in [0.5, 0.6) is 0 Å². The number of benzene rings is 1. The van der Waals surface area contributed by atoms with Crippen molar-refractivity contribution in [3.05, 3.63) is 35.4 Å². The van der Waals surface area contributed by atoms with E-state index in [0.29, 0.717) is 0 Å². The molecule has 1 N–H and O–H groups in total. The molecule has 0 aromatic heterocycles. The predicted octanol–water partition coefficient (Wildman–Crippen LogP) is 2.16. The van der Waals surface area contributed by atoms with Crippen molar-refractivity contribution in [1.29, 1.82) is 0 Å². The third kappa shape index (κ3) is 1.58. The number of ether oxygens (including phenoxy) is 1. The largest absolute Gasteiger partial charge is 0.444 e. The molecule has 2 rings (SSSR count). The molecule has 1 aromatic carbocycles. The maximum atomic E-state index is 11.0. The normalized spacial score (nSPS) is 25.7. The third-order valence-electron chi connectivity index (χ3n) is 2.47. The Labute approximate surface area is 83.1 Å². The Morgan fingerprint density at radius 3 is 2.43 bits per heavy atom. The van der Waals surface area contributed by atoms with Crippen LogP contribution < -0.4 is 5.32 Å². The minimum Gasteiger partial charge on any atom is -0.444 e. The number of carbonyl (C=O) groups excluding carboxylic acids is 1. The second kappa shape index (κ2) is 3.33. The second-order valence-electron chi connectivity index (χ2n) is 3.64. The van der Waals surface area contributed by atoms with Crippen molar-refractivity contribution in [3.63, 3.8) is 0 Å². The highest BCUT2D eigenvalue weighted by atomic mass is 16.6. The molecule has 1 heterocycles. The Hall–Kier alpha value is -1.51. The van der Waals surface area contributed by atoms with Gasteiger partial charge in [0.2, 0.25) is 0 Å². The van der Waals surface area contributed by atoms with Crippen molar-refractivity contribution >= 4 is 6.09 Å². The number of aryl methyl sites for hydroxylation is 1. The zero-order valence-electron chi connectivity index (χ0n) is 8.28. The lowest BCUT2D eigenvalue weighted by atomic mass is 10.0. The molecule has 1 aromatic rings. The molecule has 0 aliphatic carbocycles. The molecule has 74 valence electrons. The molecule has 2 atom stereocenters. The maximum Gasteiger partial charge on any atom is 0.408 e. The van der Waals surface area contributed by atoms with Gasteiger partial charge in [-0.05, 0) is 19.4 Å². The van der Waals surface area contributed by atoms with Gasteiger partial charge >= 0.3 is 6.09 Å². The topological polar surface area (TPSA) is 38.3 Å². The fourth-order valence-electron chi connectivity index (χ4n) is 1.64. The summed E-state index contributed by atoms with van der Waals surface area (Å²) in [5, 5.41) is 2.78. The van der Waals surface area contributed by atoms with Crippen LogP contribution in [0.4, 0.5) is 4.79 Å². The zero-order valence-corrected chi connectivity index (χ0v) is 8.28. The quantitative estimate of drug-likeness (QED) is 0.738. The molecule has 3 nitrogen and oxygen atoms in total. The van der Waals surface area contributed by atoms with Crippen molar-refractivity contribution in [2.45, 2.75) is 26.0 Å². The molecular formula is C11H13NO2. The van der Waals surface area contributed by atoms with Crippen molar-refractivity contribution < 1.29 is 9.53 Å². The van der Waals surface area contributed by atoms with Crippen LogP contribution in [0.1, 0.15) is 24.1 Å². The monoisotopic (exact) mass is 191 g/mol. The molecule has 1 aliphatic heterocycles. The van der Waals surface area contributed by atoms with E-state index in [0.717, 1.165) is 5.56 Å². The predicted molar refractivity (Wildman–Crippen MR) is 53.0 cm³/mol. The Morgan fingerprint density at radius 2 is 1.93 bits per heavy atom. The summed E-state index contributed by atoms with van der Waals surface area (Å²) in [7, 11) is 0. The summed E-state index contributed by atoms with van der Waals surface area (Å²) in [6.07, 6.45) is -0.423. The summed E-state index contributed by atoms with van der Waals surface area (Å²) >= 11 is 0. The maximum absolute atomic E-state index is 11.0. The highest BCUT2D eigenvalue weighted by Crippen LogP contribution is 2.24. The zero-order chi connectivity index (χ0) is 10.1. The van der Waals surface area contributed by atoms with E-state index in [4.69, 9.17) is 4.74 Å². The first-order valence-electron chi connectivity index (χ1n) is 4.70. The van der Waals surface area contributed by atoms with Gasteiger partial charge in [0.25, 0.3) is 0 Å². The molecule has 1 saturated heterocycles. The van der Waals surface area contributed by atoms with Gasteiger partial charge in [-0.15, -0.1) is 0 Å². The van der Waals surface area contributed by atoms with Gasteiger partial charge in [0.05, 0.1) is 6.04 Å². The van der Waals surface area contributed by atoms with Crippen LogP contribution in [-0.2, 0) is 4.74 Å². The van der Waals surface area contributed by atoms with Crippen LogP contribution in [0.3, 0.4) is 0 Å². The first-order chi connectivity index (χ1) is 6.66. The summed E-state index contributed by atoms with van der Waals surface area (Å²) in [4.78, 5) is 11.0. The van der Waals surface area contributed by atoms with Crippen LogP contribution in [0.2, 0.25) is 0 Å². The van der Waals surface area contributed by atoms with E-state index >= 15 is 0 Å². The first kappa shape index (κ1) is 9.06. The van der Waals surface area contributed by atoms with Crippen LogP contribution in [-0.4, -0.2) is 12.2 Å². The van der Waals surface area contributed by atoms with Gasteiger partial charge in [0.15, 0.2) is 0 Å². The number of hydrogen-bond acceptors (Lipinski definition) is 2. The summed E-state index contributed by atoms with van der Waals surface area (Å²) in [6, 6.07) is 8.10. The van der Waals surface area contributed by atoms with Crippen molar-refractivity contribution in [3.8, 4) is 0 Å². The van der Waals surface area contributed by atoms with E-state index in [2.05, 4.69) is 5.32 Å². The second-order valence-corrected chi connectivity index (χ2v) is 3.64. The molecule has 0 bridgehead atoms. The summed E-state index contributed by atoms with van der Waals surface area (Å²) in [5.74, 6) is 0. The van der Waals surface area contributed by atoms with E-state index in [1.54, 1.807) is 0 Å². The van der Waals surface area contributed by atoms with Gasteiger partial charge in [-0.1, -0.05) is 29.8 Å². The van der Waals surface area contributed by atoms with Crippen molar-refractivity contribution in [2.75, 3.05) is 0 Å². The lowest BCUT2D eigenvalue weighted by Gasteiger charge is -2.12. The van der Waals surface area contributed by atoms with Crippen LogP contribution in [0, 0.1) is 6.92 Å². The average Bonchev–Trinajstić information content (AvgIpc) is 2.47. The van der Waals surface area contributed by atoms with Gasteiger partial charge in [-0.2, -0.15) is 0 Å². The number of nitrogens with one attached hydrogen (secondary N) is 1. The van der Waals surface area contributed by atoms with Gasteiger partial charge in [0, 0.05) is 0 Å². The van der Waals surface area contributed by atoms with Crippen LogP contribution in [0.25, 0.3) is 0 Å². The molecule has 1 aliphatic rings. The third-order valence-corrected chi connectivity index (χ3v) is 2.47. The number of amides is 1. The number of cyclic esters (lactones) is 1. The Kier molecular flexibility index (Phi) is 2.15.